The summed E-state index contributed by atoms with van der Waals surface area (Å²) < 4.78 is 5.37. The van der Waals surface area contributed by atoms with Crippen LogP contribution >= 0.6 is 11.8 Å². The number of hydrogen-bond acceptors (Lipinski definition) is 3. The molecule has 0 spiro atoms. The quantitative estimate of drug-likeness (QED) is 0.678. The summed E-state index contributed by atoms with van der Waals surface area (Å²) in [6.07, 6.45) is 4.78. The van der Waals surface area contributed by atoms with Gasteiger partial charge in [-0.05, 0) is 29.9 Å². The van der Waals surface area contributed by atoms with Crippen molar-refractivity contribution >= 4 is 11.8 Å². The number of methoxy groups -OCH3 is 1. The minimum Gasteiger partial charge on any atom is -0.366 e. The fourth-order valence-electron chi connectivity index (χ4n) is 1.05. The highest BCUT2D eigenvalue weighted by Crippen LogP contribution is 2.28. The molecule has 0 N–H and O–H groups in total. The lowest BCUT2D eigenvalue weighted by molar-refractivity contribution is 0.175. The molecule has 72 valence electrons. The number of aromatic nitrogens is 1. The van der Waals surface area contributed by atoms with Crippen LogP contribution in [0.15, 0.2) is 24.5 Å². The van der Waals surface area contributed by atoms with Crippen molar-refractivity contribution in [1.29, 1.82) is 0 Å². The second-order valence-electron chi connectivity index (χ2n) is 2.72. The summed E-state index contributed by atoms with van der Waals surface area (Å²) in [5.41, 5.74) is 1.35. The SMILES string of the molecule is CCCSC(OC)c1ccncc1. The van der Waals surface area contributed by atoms with Crippen molar-refractivity contribution in [3.05, 3.63) is 30.1 Å². The smallest absolute Gasteiger partial charge is 0.128 e. The van der Waals surface area contributed by atoms with Gasteiger partial charge >= 0.3 is 0 Å². The highest BCUT2D eigenvalue weighted by atomic mass is 32.2. The molecule has 0 aliphatic heterocycles. The van der Waals surface area contributed by atoms with Crippen molar-refractivity contribution in [3.8, 4) is 0 Å². The average Bonchev–Trinajstić information content (AvgIpc) is 2.21. The maximum atomic E-state index is 5.37. The second kappa shape index (κ2) is 6.00. The third-order valence-electron chi connectivity index (χ3n) is 1.67. The molecule has 13 heavy (non-hydrogen) atoms. The summed E-state index contributed by atoms with van der Waals surface area (Å²) in [6, 6.07) is 3.99. The third-order valence-corrected chi connectivity index (χ3v) is 3.08. The van der Waals surface area contributed by atoms with Crippen LogP contribution in [0.5, 0.6) is 0 Å². The predicted octanol–water partition coefficient (Wildman–Crippen LogP) is 2.87. The molecule has 1 aromatic rings. The van der Waals surface area contributed by atoms with Crippen LogP contribution in [0.2, 0.25) is 0 Å². The Morgan fingerprint density at radius 2 is 2.15 bits per heavy atom. The number of thioether (sulfide) groups is 1. The van der Waals surface area contributed by atoms with Crippen LogP contribution in [0.25, 0.3) is 0 Å². The minimum absolute atomic E-state index is 0.156. The first-order valence-electron chi connectivity index (χ1n) is 4.42. The van der Waals surface area contributed by atoms with E-state index in [4.69, 9.17) is 4.74 Å². The van der Waals surface area contributed by atoms with Crippen LogP contribution in [-0.2, 0) is 4.74 Å². The molecule has 3 heteroatoms. The lowest BCUT2D eigenvalue weighted by Crippen LogP contribution is -1.97. The molecule has 1 heterocycles. The van der Waals surface area contributed by atoms with E-state index in [0.29, 0.717) is 0 Å². The zero-order valence-electron chi connectivity index (χ0n) is 8.06. The van der Waals surface area contributed by atoms with Gasteiger partial charge in [0.2, 0.25) is 0 Å². The largest absolute Gasteiger partial charge is 0.366 e. The Morgan fingerprint density at radius 1 is 1.46 bits per heavy atom. The van der Waals surface area contributed by atoms with Crippen LogP contribution < -0.4 is 0 Å². The summed E-state index contributed by atoms with van der Waals surface area (Å²) in [5.74, 6) is 1.13. The molecule has 0 aliphatic rings. The fraction of sp³-hybridized carbons (Fsp3) is 0.500. The van der Waals surface area contributed by atoms with E-state index in [1.54, 1.807) is 19.5 Å². The van der Waals surface area contributed by atoms with Gasteiger partial charge < -0.3 is 4.74 Å². The lowest BCUT2D eigenvalue weighted by atomic mass is 10.3. The van der Waals surface area contributed by atoms with Crippen molar-refractivity contribution < 1.29 is 4.74 Å². The lowest BCUT2D eigenvalue weighted by Gasteiger charge is -2.14. The molecule has 2 nitrogen and oxygen atoms in total. The third kappa shape index (κ3) is 3.36. The summed E-state index contributed by atoms with van der Waals surface area (Å²) in [5, 5.41) is 0. The molecular formula is C10H15NOS. The first kappa shape index (κ1) is 10.5. The van der Waals surface area contributed by atoms with Crippen LogP contribution in [0.3, 0.4) is 0 Å². The first-order chi connectivity index (χ1) is 6.38. The molecule has 0 aliphatic carbocycles. The van der Waals surface area contributed by atoms with Crippen LogP contribution in [0.1, 0.15) is 24.3 Å². The molecular weight excluding hydrogens is 182 g/mol. The van der Waals surface area contributed by atoms with Crippen LogP contribution in [0.4, 0.5) is 0 Å². The maximum Gasteiger partial charge on any atom is 0.128 e. The van der Waals surface area contributed by atoms with E-state index in [9.17, 15) is 0 Å². The van der Waals surface area contributed by atoms with Crippen molar-refractivity contribution in [1.82, 2.24) is 4.98 Å². The van der Waals surface area contributed by atoms with E-state index in [2.05, 4.69) is 11.9 Å². The molecule has 0 radical (unpaired) electrons. The van der Waals surface area contributed by atoms with E-state index in [1.165, 1.54) is 12.0 Å². The zero-order chi connectivity index (χ0) is 9.52. The van der Waals surface area contributed by atoms with Gasteiger partial charge in [-0.15, -0.1) is 11.8 Å². The Labute approximate surface area is 83.7 Å². The van der Waals surface area contributed by atoms with Crippen molar-refractivity contribution in [2.24, 2.45) is 0 Å². The van der Waals surface area contributed by atoms with Crippen molar-refractivity contribution in [2.75, 3.05) is 12.9 Å². The van der Waals surface area contributed by atoms with Gasteiger partial charge in [-0.25, -0.2) is 0 Å². The van der Waals surface area contributed by atoms with Crippen LogP contribution in [0, 0.1) is 0 Å². The topological polar surface area (TPSA) is 22.1 Å². The monoisotopic (exact) mass is 197 g/mol. The number of nitrogens with zero attached hydrogens (tertiary/aromatic N) is 1. The molecule has 0 fully saturated rings. The highest BCUT2D eigenvalue weighted by molar-refractivity contribution is 7.99. The Kier molecular flexibility index (Phi) is 4.86. The summed E-state index contributed by atoms with van der Waals surface area (Å²) in [4.78, 5) is 3.98. The van der Waals surface area contributed by atoms with Gasteiger partial charge in [-0.3, -0.25) is 4.98 Å². The van der Waals surface area contributed by atoms with Gasteiger partial charge in [-0.2, -0.15) is 0 Å². The Balaban J connectivity index is 2.56. The Bertz CT molecular complexity index is 228. The summed E-state index contributed by atoms with van der Waals surface area (Å²) >= 11 is 1.82. The van der Waals surface area contributed by atoms with Gasteiger partial charge in [0, 0.05) is 19.5 Å². The van der Waals surface area contributed by atoms with E-state index in [0.717, 1.165) is 5.75 Å². The molecule has 0 aromatic carbocycles. The number of pyridine rings is 1. The standard InChI is InChI=1S/C10H15NOS/c1-3-8-13-10(12-2)9-4-6-11-7-5-9/h4-7,10H,3,8H2,1-2H3. The minimum atomic E-state index is 0.156. The number of hydrogen-bond donors (Lipinski definition) is 0. The zero-order valence-corrected chi connectivity index (χ0v) is 8.88. The van der Waals surface area contributed by atoms with Crippen molar-refractivity contribution in [2.45, 2.75) is 18.8 Å². The molecule has 1 unspecified atom stereocenters. The Hall–Kier alpha value is -0.540. The van der Waals surface area contributed by atoms with E-state index >= 15 is 0 Å². The molecule has 0 saturated heterocycles. The molecule has 1 rings (SSSR count). The van der Waals surface area contributed by atoms with Gasteiger partial charge in [0.1, 0.15) is 5.44 Å². The molecule has 0 bridgehead atoms. The maximum absolute atomic E-state index is 5.37. The predicted molar refractivity (Wildman–Crippen MR) is 56.7 cm³/mol. The molecule has 0 amide bonds. The second-order valence-corrected chi connectivity index (χ2v) is 3.89. The fourth-order valence-corrected chi connectivity index (χ4v) is 1.98. The van der Waals surface area contributed by atoms with Crippen LogP contribution in [-0.4, -0.2) is 17.8 Å². The molecule has 1 atom stereocenters. The summed E-state index contributed by atoms with van der Waals surface area (Å²) in [6.45, 7) is 2.17. The Morgan fingerprint density at radius 3 is 2.69 bits per heavy atom. The number of rotatable bonds is 5. The normalized spacial score (nSPS) is 12.8. The highest BCUT2D eigenvalue weighted by Gasteiger charge is 2.08. The number of ether oxygens (including phenoxy) is 1. The van der Waals surface area contributed by atoms with Gasteiger partial charge in [0.25, 0.3) is 0 Å². The summed E-state index contributed by atoms with van der Waals surface area (Å²) in [7, 11) is 1.74. The molecule has 1 aromatic heterocycles. The first-order valence-corrected chi connectivity index (χ1v) is 5.47. The molecule has 0 saturated carbocycles. The van der Waals surface area contributed by atoms with E-state index in [1.807, 2.05) is 23.9 Å². The van der Waals surface area contributed by atoms with Gasteiger partial charge in [0.15, 0.2) is 0 Å². The average molecular weight is 197 g/mol. The van der Waals surface area contributed by atoms with E-state index < -0.39 is 0 Å². The van der Waals surface area contributed by atoms with E-state index in [-0.39, 0.29) is 5.44 Å². The van der Waals surface area contributed by atoms with Gasteiger partial charge in [-0.1, -0.05) is 6.92 Å². The van der Waals surface area contributed by atoms with Crippen molar-refractivity contribution in [3.63, 3.8) is 0 Å². The van der Waals surface area contributed by atoms with Gasteiger partial charge in [0.05, 0.1) is 0 Å².